The Morgan fingerprint density at radius 3 is 1.29 bits per heavy atom. The van der Waals surface area contributed by atoms with Crippen molar-refractivity contribution in [2.24, 2.45) is 23.7 Å². The smallest absolute Gasteiger partial charge is 0.366 e. The van der Waals surface area contributed by atoms with Crippen molar-refractivity contribution in [3.05, 3.63) is 0 Å². The van der Waals surface area contributed by atoms with Crippen LogP contribution in [0.5, 0.6) is 0 Å². The Bertz CT molecular complexity index is 245. The molecule has 0 aliphatic rings. The molecule has 0 aromatic rings. The molecular formula is C17H35F3O. The molecule has 2 unspecified atom stereocenters. The molecule has 1 nitrogen and oxygen atoms in total. The van der Waals surface area contributed by atoms with Gasteiger partial charge in [-0.25, -0.2) is 0 Å². The molecule has 0 rings (SSSR count). The van der Waals surface area contributed by atoms with Gasteiger partial charge in [0, 0.05) is 0 Å². The number of rotatable bonds is 6. The van der Waals surface area contributed by atoms with Gasteiger partial charge in [-0.1, -0.05) is 48.5 Å². The van der Waals surface area contributed by atoms with Crippen molar-refractivity contribution in [1.29, 1.82) is 0 Å². The summed E-state index contributed by atoms with van der Waals surface area (Å²) in [7, 11) is 0. The first-order valence-corrected chi connectivity index (χ1v) is 8.01. The highest BCUT2D eigenvalue weighted by Gasteiger charge is 2.42. The van der Waals surface area contributed by atoms with Crippen molar-refractivity contribution in [2.75, 3.05) is 0 Å². The van der Waals surface area contributed by atoms with Gasteiger partial charge < -0.3 is 4.74 Å². The summed E-state index contributed by atoms with van der Waals surface area (Å²) in [6, 6.07) is 0. The molecule has 0 bridgehead atoms. The highest BCUT2D eigenvalue weighted by molar-refractivity contribution is 4.71. The van der Waals surface area contributed by atoms with Crippen LogP contribution < -0.4 is 0 Å². The maximum Gasteiger partial charge on any atom is 0.414 e. The number of ether oxygens (including phenoxy) is 1. The minimum atomic E-state index is -4.25. The SMILES string of the molecule is CC(C)CC(C)C(C)C.CC(C)OC(C(C)C)C(F)(F)F. The van der Waals surface area contributed by atoms with Crippen molar-refractivity contribution >= 4 is 0 Å². The van der Waals surface area contributed by atoms with E-state index in [0.717, 1.165) is 17.8 Å². The van der Waals surface area contributed by atoms with Crippen molar-refractivity contribution in [2.45, 2.75) is 87.1 Å². The Morgan fingerprint density at radius 1 is 0.762 bits per heavy atom. The molecule has 0 aromatic heterocycles. The quantitative estimate of drug-likeness (QED) is 0.557. The molecule has 0 heterocycles. The molecule has 21 heavy (non-hydrogen) atoms. The van der Waals surface area contributed by atoms with E-state index >= 15 is 0 Å². The highest BCUT2D eigenvalue weighted by Crippen LogP contribution is 2.29. The van der Waals surface area contributed by atoms with Gasteiger partial charge in [0.25, 0.3) is 0 Å². The zero-order chi connectivity index (χ0) is 17.4. The van der Waals surface area contributed by atoms with Crippen LogP contribution in [0.2, 0.25) is 0 Å². The largest absolute Gasteiger partial charge is 0.414 e. The molecule has 0 aromatic carbocycles. The van der Waals surface area contributed by atoms with E-state index in [2.05, 4.69) is 34.6 Å². The van der Waals surface area contributed by atoms with Gasteiger partial charge in [-0.2, -0.15) is 13.2 Å². The summed E-state index contributed by atoms with van der Waals surface area (Å²) in [6.45, 7) is 17.7. The Hall–Kier alpha value is -0.250. The van der Waals surface area contributed by atoms with Gasteiger partial charge in [-0.05, 0) is 43.9 Å². The standard InChI is InChI=1S/C9H20.C8H15F3O/c1-7(2)6-9(5)8(3)4;1-5(2)7(8(9,10)11)12-6(3)4/h7-9H,6H2,1-5H3;5-7H,1-4H3. The van der Waals surface area contributed by atoms with Crippen LogP contribution in [0, 0.1) is 23.7 Å². The molecule has 0 fully saturated rings. The molecule has 0 N–H and O–H groups in total. The van der Waals surface area contributed by atoms with Crippen LogP contribution in [0.4, 0.5) is 13.2 Å². The molecule has 0 spiro atoms. The normalized spacial score (nSPS) is 15.4. The molecule has 0 saturated heterocycles. The van der Waals surface area contributed by atoms with Crippen LogP contribution in [0.3, 0.4) is 0 Å². The van der Waals surface area contributed by atoms with Gasteiger partial charge in [0.1, 0.15) is 0 Å². The summed E-state index contributed by atoms with van der Waals surface area (Å²) in [4.78, 5) is 0. The molecule has 2 atom stereocenters. The van der Waals surface area contributed by atoms with Gasteiger partial charge >= 0.3 is 6.18 Å². The fraction of sp³-hybridized carbons (Fsp3) is 1.00. The molecule has 0 radical (unpaired) electrons. The number of hydrogen-bond donors (Lipinski definition) is 0. The first-order chi connectivity index (χ1) is 9.28. The van der Waals surface area contributed by atoms with Crippen LogP contribution >= 0.6 is 0 Å². The summed E-state index contributed by atoms with van der Waals surface area (Å²) in [5.74, 6) is 2.08. The van der Waals surface area contributed by atoms with Crippen molar-refractivity contribution in [3.63, 3.8) is 0 Å². The van der Waals surface area contributed by atoms with E-state index < -0.39 is 18.2 Å². The fourth-order valence-electron chi connectivity index (χ4n) is 1.92. The van der Waals surface area contributed by atoms with Crippen molar-refractivity contribution in [3.8, 4) is 0 Å². The Kier molecular flexibility index (Phi) is 11.5. The first kappa shape index (κ1) is 23.0. The Morgan fingerprint density at radius 2 is 1.19 bits per heavy atom. The summed E-state index contributed by atoms with van der Waals surface area (Å²) in [6.07, 6.45) is -4.91. The van der Waals surface area contributed by atoms with Crippen LogP contribution in [-0.4, -0.2) is 18.4 Å². The minimum absolute atomic E-state index is 0.390. The van der Waals surface area contributed by atoms with Gasteiger partial charge in [0.05, 0.1) is 6.10 Å². The number of hydrogen-bond acceptors (Lipinski definition) is 1. The first-order valence-electron chi connectivity index (χ1n) is 8.01. The second-order valence-electron chi connectivity index (χ2n) is 7.24. The third kappa shape index (κ3) is 13.2. The lowest BCUT2D eigenvalue weighted by molar-refractivity contribution is -0.242. The molecular weight excluding hydrogens is 277 g/mol. The maximum absolute atomic E-state index is 12.2. The second kappa shape index (κ2) is 10.5. The van der Waals surface area contributed by atoms with Crippen LogP contribution in [0.25, 0.3) is 0 Å². The Balaban J connectivity index is 0. The van der Waals surface area contributed by atoms with Crippen molar-refractivity contribution < 1.29 is 17.9 Å². The van der Waals surface area contributed by atoms with Crippen LogP contribution in [-0.2, 0) is 4.74 Å². The third-order valence-electron chi connectivity index (χ3n) is 3.33. The number of halogens is 3. The van der Waals surface area contributed by atoms with Crippen LogP contribution in [0.1, 0.15) is 68.7 Å². The van der Waals surface area contributed by atoms with E-state index in [1.54, 1.807) is 13.8 Å². The summed E-state index contributed by atoms with van der Waals surface area (Å²) in [5.41, 5.74) is 0. The third-order valence-corrected chi connectivity index (χ3v) is 3.33. The summed E-state index contributed by atoms with van der Waals surface area (Å²) >= 11 is 0. The average molecular weight is 312 g/mol. The zero-order valence-electron chi connectivity index (χ0n) is 15.2. The van der Waals surface area contributed by atoms with E-state index in [1.807, 2.05) is 0 Å². The summed E-state index contributed by atoms with van der Waals surface area (Å²) < 4.78 is 41.4. The fourth-order valence-corrected chi connectivity index (χ4v) is 1.92. The topological polar surface area (TPSA) is 9.23 Å². The van der Waals surface area contributed by atoms with Gasteiger partial charge in [0.15, 0.2) is 6.10 Å². The van der Waals surface area contributed by atoms with Gasteiger partial charge in [-0.15, -0.1) is 0 Å². The lowest BCUT2D eigenvalue weighted by Gasteiger charge is -2.25. The average Bonchev–Trinajstić information content (AvgIpc) is 2.23. The van der Waals surface area contributed by atoms with Crippen LogP contribution in [0.15, 0.2) is 0 Å². The van der Waals surface area contributed by atoms with E-state index in [1.165, 1.54) is 20.3 Å². The lowest BCUT2D eigenvalue weighted by atomic mass is 9.90. The number of alkyl halides is 3. The molecule has 4 heteroatoms. The minimum Gasteiger partial charge on any atom is -0.366 e. The van der Waals surface area contributed by atoms with Gasteiger partial charge in [-0.3, -0.25) is 0 Å². The molecule has 0 amide bonds. The lowest BCUT2D eigenvalue weighted by Crippen LogP contribution is -2.38. The monoisotopic (exact) mass is 312 g/mol. The van der Waals surface area contributed by atoms with E-state index in [4.69, 9.17) is 4.74 Å². The molecule has 0 aliphatic carbocycles. The predicted molar refractivity (Wildman–Crippen MR) is 84.4 cm³/mol. The van der Waals surface area contributed by atoms with Crippen molar-refractivity contribution in [1.82, 2.24) is 0 Å². The van der Waals surface area contributed by atoms with Gasteiger partial charge in [0.2, 0.25) is 0 Å². The summed E-state index contributed by atoms with van der Waals surface area (Å²) in [5, 5.41) is 0. The van der Waals surface area contributed by atoms with E-state index in [0.29, 0.717) is 0 Å². The highest BCUT2D eigenvalue weighted by atomic mass is 19.4. The van der Waals surface area contributed by atoms with E-state index in [-0.39, 0.29) is 6.10 Å². The predicted octanol–water partition coefficient (Wildman–Crippen LogP) is 6.32. The zero-order valence-corrected chi connectivity index (χ0v) is 15.2. The molecule has 0 saturated carbocycles. The second-order valence-corrected chi connectivity index (χ2v) is 7.24. The molecule has 130 valence electrons. The molecule has 0 aliphatic heterocycles. The van der Waals surface area contributed by atoms with E-state index in [9.17, 15) is 13.2 Å². The maximum atomic E-state index is 12.2. The Labute approximate surface area is 129 Å².